The van der Waals surface area contributed by atoms with Crippen LogP contribution in [0.3, 0.4) is 0 Å². The minimum atomic E-state index is 0.327. The second-order valence-electron chi connectivity index (χ2n) is 6.58. The van der Waals surface area contributed by atoms with Crippen LogP contribution in [0.4, 0.5) is 0 Å². The molecular formula is C19H20ClNO. The molecule has 0 amide bonds. The molecule has 1 aliphatic heterocycles. The van der Waals surface area contributed by atoms with Crippen LogP contribution in [0.15, 0.2) is 42.5 Å². The Labute approximate surface area is 136 Å². The van der Waals surface area contributed by atoms with Crippen LogP contribution in [0, 0.1) is 5.92 Å². The molecule has 3 atom stereocenters. The molecular weight excluding hydrogens is 294 g/mol. The van der Waals surface area contributed by atoms with Crippen LogP contribution >= 0.6 is 11.6 Å². The van der Waals surface area contributed by atoms with Crippen molar-refractivity contribution in [3.8, 4) is 5.75 Å². The van der Waals surface area contributed by atoms with Crippen LogP contribution in [0.2, 0.25) is 5.02 Å². The minimum Gasteiger partial charge on any atom is -0.508 e. The highest BCUT2D eigenvalue weighted by molar-refractivity contribution is 6.30. The van der Waals surface area contributed by atoms with Gasteiger partial charge in [0.05, 0.1) is 0 Å². The maximum absolute atomic E-state index is 9.89. The Balaban J connectivity index is 1.88. The van der Waals surface area contributed by atoms with Gasteiger partial charge in [0.1, 0.15) is 5.75 Å². The van der Waals surface area contributed by atoms with Crippen LogP contribution < -0.4 is 0 Å². The lowest BCUT2D eigenvalue weighted by molar-refractivity contribution is 0.127. The van der Waals surface area contributed by atoms with Crippen LogP contribution in [0.1, 0.15) is 41.5 Å². The zero-order valence-electron chi connectivity index (χ0n) is 12.7. The molecule has 1 saturated heterocycles. The summed E-state index contributed by atoms with van der Waals surface area (Å²) in [5.74, 6) is 1.23. The molecule has 0 spiro atoms. The van der Waals surface area contributed by atoms with E-state index in [2.05, 4.69) is 30.1 Å². The van der Waals surface area contributed by atoms with Gasteiger partial charge in [-0.3, -0.25) is 4.90 Å². The summed E-state index contributed by atoms with van der Waals surface area (Å²) in [5.41, 5.74) is 3.94. The molecule has 4 rings (SSSR count). The van der Waals surface area contributed by atoms with Gasteiger partial charge in [0.25, 0.3) is 0 Å². The number of rotatable bonds is 1. The SMILES string of the molecule is CN1CCCC2C(c3cccc(O)c3)c3cc(Cl)ccc3C21. The minimum absolute atomic E-state index is 0.327. The first-order valence-electron chi connectivity index (χ1n) is 7.93. The molecule has 1 fully saturated rings. The predicted octanol–water partition coefficient (Wildman–Crippen LogP) is 4.57. The fraction of sp³-hybridized carbons (Fsp3) is 0.368. The van der Waals surface area contributed by atoms with Crippen molar-refractivity contribution >= 4 is 11.6 Å². The van der Waals surface area contributed by atoms with Crippen molar-refractivity contribution in [2.75, 3.05) is 13.6 Å². The first-order chi connectivity index (χ1) is 10.6. The molecule has 2 nitrogen and oxygen atoms in total. The number of benzene rings is 2. The lowest BCUT2D eigenvalue weighted by atomic mass is 9.80. The smallest absolute Gasteiger partial charge is 0.115 e. The van der Waals surface area contributed by atoms with Gasteiger partial charge >= 0.3 is 0 Å². The number of hydrogen-bond donors (Lipinski definition) is 1. The van der Waals surface area contributed by atoms with Gasteiger partial charge in [0, 0.05) is 17.0 Å². The predicted molar refractivity (Wildman–Crippen MR) is 89.5 cm³/mol. The van der Waals surface area contributed by atoms with Crippen molar-refractivity contribution < 1.29 is 5.11 Å². The molecule has 3 unspecified atom stereocenters. The van der Waals surface area contributed by atoms with E-state index in [1.165, 1.54) is 29.5 Å². The van der Waals surface area contributed by atoms with Gasteiger partial charge in [0.2, 0.25) is 0 Å². The summed E-state index contributed by atoms with van der Waals surface area (Å²) in [7, 11) is 2.22. The quantitative estimate of drug-likeness (QED) is 0.833. The molecule has 2 aromatic carbocycles. The zero-order chi connectivity index (χ0) is 15.3. The van der Waals surface area contributed by atoms with Crippen molar-refractivity contribution in [1.82, 2.24) is 4.90 Å². The van der Waals surface area contributed by atoms with E-state index in [9.17, 15) is 5.11 Å². The summed E-state index contributed by atoms with van der Waals surface area (Å²) < 4.78 is 0. The second-order valence-corrected chi connectivity index (χ2v) is 7.01. The van der Waals surface area contributed by atoms with E-state index in [4.69, 9.17) is 11.6 Å². The molecule has 2 aliphatic rings. The van der Waals surface area contributed by atoms with E-state index in [-0.39, 0.29) is 0 Å². The van der Waals surface area contributed by atoms with Crippen molar-refractivity contribution in [2.24, 2.45) is 5.92 Å². The molecule has 114 valence electrons. The van der Waals surface area contributed by atoms with E-state index in [1.807, 2.05) is 18.2 Å². The number of piperidine rings is 1. The third-order valence-electron chi connectivity index (χ3n) is 5.29. The highest BCUT2D eigenvalue weighted by Gasteiger charge is 2.44. The summed E-state index contributed by atoms with van der Waals surface area (Å²) >= 11 is 6.28. The van der Waals surface area contributed by atoms with Crippen LogP contribution in [-0.2, 0) is 0 Å². The van der Waals surface area contributed by atoms with Gasteiger partial charge in [-0.2, -0.15) is 0 Å². The number of fused-ring (bicyclic) bond motifs is 3. The van der Waals surface area contributed by atoms with E-state index in [0.29, 0.717) is 23.6 Å². The number of likely N-dealkylation sites (tertiary alicyclic amines) is 1. The van der Waals surface area contributed by atoms with Gasteiger partial charge in [-0.1, -0.05) is 29.8 Å². The second kappa shape index (κ2) is 5.29. The van der Waals surface area contributed by atoms with Gasteiger partial charge in [-0.25, -0.2) is 0 Å². The summed E-state index contributed by atoms with van der Waals surface area (Å²) in [6, 6.07) is 14.5. The topological polar surface area (TPSA) is 23.5 Å². The van der Waals surface area contributed by atoms with Crippen LogP contribution in [-0.4, -0.2) is 23.6 Å². The Morgan fingerprint density at radius 2 is 2.00 bits per heavy atom. The molecule has 22 heavy (non-hydrogen) atoms. The standard InChI is InChI=1S/C19H20ClNO/c1-21-9-3-6-16-18(12-4-2-5-14(22)10-12)17-11-13(20)7-8-15(17)19(16)21/h2,4-5,7-8,10-11,16,18-19,22H,3,6,9H2,1H3. The number of phenolic OH excluding ortho intramolecular Hbond substituents is 1. The third-order valence-corrected chi connectivity index (χ3v) is 5.52. The largest absolute Gasteiger partial charge is 0.508 e. The molecule has 0 bridgehead atoms. The lowest BCUT2D eigenvalue weighted by Crippen LogP contribution is -2.34. The first-order valence-corrected chi connectivity index (χ1v) is 8.31. The molecule has 1 aliphatic carbocycles. The Kier molecular flexibility index (Phi) is 3.39. The van der Waals surface area contributed by atoms with Crippen LogP contribution in [0.25, 0.3) is 0 Å². The Morgan fingerprint density at radius 1 is 1.14 bits per heavy atom. The van der Waals surface area contributed by atoms with E-state index in [1.54, 1.807) is 6.07 Å². The van der Waals surface area contributed by atoms with Gasteiger partial charge in [0.15, 0.2) is 0 Å². The monoisotopic (exact) mass is 313 g/mol. The highest BCUT2D eigenvalue weighted by Crippen LogP contribution is 2.54. The third kappa shape index (κ3) is 2.13. The number of aromatic hydroxyl groups is 1. The average Bonchev–Trinajstić information content (AvgIpc) is 2.81. The number of phenols is 1. The molecule has 1 N–H and O–H groups in total. The fourth-order valence-electron chi connectivity index (χ4n) is 4.48. The number of nitrogens with zero attached hydrogens (tertiary/aromatic N) is 1. The van der Waals surface area contributed by atoms with Crippen molar-refractivity contribution in [2.45, 2.75) is 24.8 Å². The lowest BCUT2D eigenvalue weighted by Gasteiger charge is -2.37. The highest BCUT2D eigenvalue weighted by atomic mass is 35.5. The molecule has 1 heterocycles. The van der Waals surface area contributed by atoms with E-state index >= 15 is 0 Å². The van der Waals surface area contributed by atoms with Gasteiger partial charge in [-0.15, -0.1) is 0 Å². The maximum Gasteiger partial charge on any atom is 0.115 e. The van der Waals surface area contributed by atoms with Crippen molar-refractivity contribution in [3.05, 3.63) is 64.2 Å². The summed E-state index contributed by atoms with van der Waals surface area (Å²) in [6.07, 6.45) is 2.45. The van der Waals surface area contributed by atoms with E-state index in [0.717, 1.165) is 11.6 Å². The Hall–Kier alpha value is -1.51. The molecule has 2 aromatic rings. The fourth-order valence-corrected chi connectivity index (χ4v) is 4.66. The summed E-state index contributed by atoms with van der Waals surface area (Å²) in [6.45, 7) is 1.15. The van der Waals surface area contributed by atoms with E-state index < -0.39 is 0 Å². The molecule has 0 saturated carbocycles. The van der Waals surface area contributed by atoms with Crippen molar-refractivity contribution in [1.29, 1.82) is 0 Å². The summed E-state index contributed by atoms with van der Waals surface area (Å²) in [4.78, 5) is 2.48. The van der Waals surface area contributed by atoms with Crippen molar-refractivity contribution in [3.63, 3.8) is 0 Å². The number of hydrogen-bond acceptors (Lipinski definition) is 2. The Bertz CT molecular complexity index is 714. The molecule has 0 aromatic heterocycles. The van der Waals surface area contributed by atoms with Crippen LogP contribution in [0.5, 0.6) is 5.75 Å². The maximum atomic E-state index is 9.89. The molecule has 3 heteroatoms. The first kappa shape index (κ1) is 14.1. The summed E-state index contributed by atoms with van der Waals surface area (Å²) in [5, 5.41) is 10.7. The zero-order valence-corrected chi connectivity index (χ0v) is 13.4. The normalized spacial score (nSPS) is 27.5. The molecule has 0 radical (unpaired) electrons. The Morgan fingerprint density at radius 3 is 2.82 bits per heavy atom. The van der Waals surface area contributed by atoms with Gasteiger partial charge < -0.3 is 5.11 Å². The van der Waals surface area contributed by atoms with Gasteiger partial charge in [-0.05, 0) is 73.3 Å². The number of halogens is 1. The average molecular weight is 314 g/mol.